The third kappa shape index (κ3) is 6.39. The number of hydrogen-bond donors (Lipinski definition) is 2. The highest BCUT2D eigenvalue weighted by molar-refractivity contribution is 5.76. The average Bonchev–Trinajstić information content (AvgIpc) is 3.48. The van der Waals surface area contributed by atoms with Crippen LogP contribution in [0.1, 0.15) is 24.7 Å². The van der Waals surface area contributed by atoms with E-state index in [0.29, 0.717) is 25.1 Å². The Morgan fingerprint density at radius 1 is 1.21 bits per heavy atom. The summed E-state index contributed by atoms with van der Waals surface area (Å²) in [4.78, 5) is 41.8. The smallest absolute Gasteiger partial charge is 0.290 e. The van der Waals surface area contributed by atoms with Crippen LogP contribution < -0.4 is 0 Å². The van der Waals surface area contributed by atoms with Gasteiger partial charge in [-0.2, -0.15) is 0 Å². The second-order valence-electron chi connectivity index (χ2n) is 8.06. The van der Waals surface area contributed by atoms with Crippen LogP contribution in [-0.4, -0.2) is 104 Å². The molecule has 2 aliphatic heterocycles. The Labute approximate surface area is 192 Å². The van der Waals surface area contributed by atoms with Crippen LogP contribution in [-0.2, 0) is 26.2 Å². The van der Waals surface area contributed by atoms with Crippen LogP contribution in [0.3, 0.4) is 0 Å². The van der Waals surface area contributed by atoms with Crippen LogP contribution >= 0.6 is 0 Å². The van der Waals surface area contributed by atoms with E-state index in [4.69, 9.17) is 24.5 Å². The zero-order valence-corrected chi connectivity index (χ0v) is 19.4. The van der Waals surface area contributed by atoms with Crippen LogP contribution in [0.4, 0.5) is 0 Å². The molecule has 3 atom stereocenters. The first kappa shape index (κ1) is 26.0. The maximum absolute atomic E-state index is 12.0. The predicted octanol–water partition coefficient (Wildman–Crippen LogP) is 0.486. The van der Waals surface area contributed by atoms with Gasteiger partial charge in [0.2, 0.25) is 5.91 Å². The summed E-state index contributed by atoms with van der Waals surface area (Å²) in [5.41, 5.74) is 1.04. The van der Waals surface area contributed by atoms with Gasteiger partial charge in [0.15, 0.2) is 5.82 Å². The van der Waals surface area contributed by atoms with Crippen LogP contribution in [0, 0.1) is 6.92 Å². The second-order valence-corrected chi connectivity index (χ2v) is 8.06. The Hall–Kier alpha value is -3.25. The Balaban J connectivity index is 0.000000582. The number of hydrogen-bond acceptors (Lipinski definition) is 7. The lowest BCUT2D eigenvalue weighted by atomic mass is 10.1. The number of morpholine rings is 1. The van der Waals surface area contributed by atoms with Crippen molar-refractivity contribution in [1.29, 1.82) is 0 Å². The largest absolute Gasteiger partial charge is 0.483 e. The number of nitrogens with zero attached hydrogens (tertiary/aromatic N) is 6. The number of imidazole rings is 2. The molecule has 4 heterocycles. The number of carbonyl (C=O) groups is 3. The molecule has 0 radical (unpaired) electrons. The third-order valence-electron chi connectivity index (χ3n) is 5.88. The number of fused-ring (bicyclic) bond motifs is 1. The van der Waals surface area contributed by atoms with E-state index in [1.54, 1.807) is 19.0 Å². The molecule has 0 saturated carbocycles. The first-order valence-corrected chi connectivity index (χ1v) is 10.5. The van der Waals surface area contributed by atoms with Crippen molar-refractivity contribution in [1.82, 2.24) is 28.9 Å². The molecule has 1 amide bonds. The van der Waals surface area contributed by atoms with E-state index in [1.165, 1.54) is 0 Å². The Kier molecular flexibility index (Phi) is 9.55. The maximum atomic E-state index is 12.0. The van der Waals surface area contributed by atoms with Gasteiger partial charge < -0.3 is 29.0 Å². The van der Waals surface area contributed by atoms with Gasteiger partial charge in [-0.25, -0.2) is 9.97 Å². The SMILES string of the molecule is Cc1ncc(-c2nccn2[C@@H]2C[C@H]3CO[C@@H](CC(=O)N(C)C)CN3C2)n1C.O=CO.O=CO. The maximum Gasteiger partial charge on any atom is 0.290 e. The third-order valence-corrected chi connectivity index (χ3v) is 5.88. The molecule has 12 heteroatoms. The molecular weight excluding hydrogens is 432 g/mol. The molecule has 2 aliphatic rings. The van der Waals surface area contributed by atoms with Gasteiger partial charge in [-0.1, -0.05) is 0 Å². The fourth-order valence-electron chi connectivity index (χ4n) is 4.13. The molecule has 0 aromatic carbocycles. The van der Waals surface area contributed by atoms with Crippen molar-refractivity contribution in [3.8, 4) is 11.5 Å². The van der Waals surface area contributed by atoms with Gasteiger partial charge in [0.05, 0.1) is 25.3 Å². The lowest BCUT2D eigenvalue weighted by Crippen LogP contribution is -2.47. The first-order valence-electron chi connectivity index (χ1n) is 10.5. The minimum atomic E-state index is -0.250. The fourth-order valence-corrected chi connectivity index (χ4v) is 4.13. The highest BCUT2D eigenvalue weighted by atomic mass is 16.5. The normalized spacial score (nSPS) is 21.6. The summed E-state index contributed by atoms with van der Waals surface area (Å²) >= 11 is 0. The second kappa shape index (κ2) is 12.1. The molecule has 2 saturated heterocycles. The van der Waals surface area contributed by atoms with Crippen molar-refractivity contribution in [2.24, 2.45) is 7.05 Å². The van der Waals surface area contributed by atoms with Crippen molar-refractivity contribution in [3.05, 3.63) is 24.4 Å². The lowest BCUT2D eigenvalue weighted by Gasteiger charge is -2.35. The highest BCUT2D eigenvalue weighted by Gasteiger charge is 2.39. The van der Waals surface area contributed by atoms with E-state index in [2.05, 4.69) is 30.2 Å². The molecule has 0 spiro atoms. The molecule has 4 rings (SSSR count). The van der Waals surface area contributed by atoms with Crippen LogP contribution in [0.2, 0.25) is 0 Å². The minimum Gasteiger partial charge on any atom is -0.483 e. The van der Waals surface area contributed by atoms with Crippen LogP contribution in [0.15, 0.2) is 18.6 Å². The summed E-state index contributed by atoms with van der Waals surface area (Å²) in [5, 5.41) is 13.8. The molecule has 33 heavy (non-hydrogen) atoms. The van der Waals surface area contributed by atoms with E-state index in [-0.39, 0.29) is 25.0 Å². The zero-order valence-electron chi connectivity index (χ0n) is 19.4. The summed E-state index contributed by atoms with van der Waals surface area (Å²) < 4.78 is 10.3. The Bertz CT molecular complexity index is 920. The summed E-state index contributed by atoms with van der Waals surface area (Å²) in [6, 6.07) is 0.763. The molecule has 12 nitrogen and oxygen atoms in total. The van der Waals surface area contributed by atoms with E-state index in [9.17, 15) is 4.79 Å². The van der Waals surface area contributed by atoms with E-state index < -0.39 is 0 Å². The predicted molar refractivity (Wildman–Crippen MR) is 119 cm³/mol. The van der Waals surface area contributed by atoms with Crippen LogP contribution in [0.25, 0.3) is 11.5 Å². The Morgan fingerprint density at radius 2 is 1.88 bits per heavy atom. The number of carboxylic acid groups (broad SMARTS) is 2. The molecular formula is C21H32N6O6. The topological polar surface area (TPSA) is 143 Å². The quantitative estimate of drug-likeness (QED) is 0.618. The molecule has 2 fully saturated rings. The highest BCUT2D eigenvalue weighted by Crippen LogP contribution is 2.33. The van der Waals surface area contributed by atoms with Crippen molar-refractivity contribution in [2.45, 2.75) is 38.0 Å². The van der Waals surface area contributed by atoms with Gasteiger partial charge in [0.1, 0.15) is 11.5 Å². The summed E-state index contributed by atoms with van der Waals surface area (Å²) in [5.74, 6) is 2.06. The van der Waals surface area contributed by atoms with Gasteiger partial charge in [-0.05, 0) is 13.3 Å². The fraction of sp³-hybridized carbons (Fsp3) is 0.571. The van der Waals surface area contributed by atoms with Gasteiger partial charge in [-0.15, -0.1) is 0 Å². The summed E-state index contributed by atoms with van der Waals surface area (Å²) in [7, 11) is 5.61. The molecule has 0 aliphatic carbocycles. The standard InChI is InChI=1S/C19H28N6O2.2CH2O2/c1-13-21-9-17(23(13)4)19-20-5-6-25(19)14-7-15-12-27-16(11-24(15)10-14)8-18(26)22(2)3;2*2-1-3/h5-6,9,14-16H,7-8,10-12H2,1-4H3;2*1H,(H,2,3)/t14-,15+,16+;;/m1../s1. The molecule has 0 unspecified atom stereocenters. The molecule has 2 N–H and O–H groups in total. The van der Waals surface area contributed by atoms with Crippen molar-refractivity contribution < 1.29 is 29.3 Å². The van der Waals surface area contributed by atoms with Gasteiger partial charge in [0, 0.05) is 58.7 Å². The summed E-state index contributed by atoms with van der Waals surface area (Å²) in [6.45, 7) is 3.96. The summed E-state index contributed by atoms with van der Waals surface area (Å²) in [6.07, 6.45) is 7.29. The van der Waals surface area contributed by atoms with Gasteiger partial charge >= 0.3 is 0 Å². The minimum absolute atomic E-state index is 0.0168. The number of ether oxygens (including phenoxy) is 1. The number of carbonyl (C=O) groups excluding carboxylic acids is 1. The van der Waals surface area contributed by atoms with Crippen LogP contribution in [0.5, 0.6) is 0 Å². The lowest BCUT2D eigenvalue weighted by molar-refractivity contribution is -0.134. The number of aromatic nitrogens is 4. The van der Waals surface area contributed by atoms with E-state index in [1.807, 2.05) is 26.4 Å². The van der Waals surface area contributed by atoms with Crippen molar-refractivity contribution >= 4 is 18.9 Å². The average molecular weight is 465 g/mol. The molecule has 2 aromatic rings. The van der Waals surface area contributed by atoms with Crippen molar-refractivity contribution in [3.63, 3.8) is 0 Å². The van der Waals surface area contributed by atoms with Gasteiger partial charge in [-0.3, -0.25) is 19.3 Å². The number of aryl methyl sites for hydroxylation is 1. The number of amides is 1. The van der Waals surface area contributed by atoms with Gasteiger partial charge in [0.25, 0.3) is 12.9 Å². The van der Waals surface area contributed by atoms with E-state index >= 15 is 0 Å². The zero-order chi connectivity index (χ0) is 24.5. The molecule has 182 valence electrons. The van der Waals surface area contributed by atoms with Crippen molar-refractivity contribution in [2.75, 3.05) is 33.8 Å². The Morgan fingerprint density at radius 3 is 2.45 bits per heavy atom. The number of rotatable bonds is 4. The molecule has 0 bridgehead atoms. The molecule has 2 aromatic heterocycles. The van der Waals surface area contributed by atoms with E-state index in [0.717, 1.165) is 36.9 Å². The monoisotopic (exact) mass is 464 g/mol. The first-order chi connectivity index (χ1) is 15.8.